The summed E-state index contributed by atoms with van der Waals surface area (Å²) in [6.45, 7) is 2.14. The van der Waals surface area contributed by atoms with Gasteiger partial charge in [0.15, 0.2) is 0 Å². The number of fused-ring (bicyclic) bond motifs is 1. The molecule has 0 radical (unpaired) electrons. The molecule has 0 saturated heterocycles. The normalized spacial score (nSPS) is 16.1. The Kier molecular flexibility index (Phi) is 5.78. The minimum absolute atomic E-state index is 0.0218. The number of carbonyl (C=O) groups is 2. The summed E-state index contributed by atoms with van der Waals surface area (Å²) in [6.07, 6.45) is 5.02. The lowest BCUT2D eigenvalue weighted by Crippen LogP contribution is -2.29. The van der Waals surface area contributed by atoms with E-state index in [4.69, 9.17) is 4.74 Å². The van der Waals surface area contributed by atoms with Gasteiger partial charge in [-0.15, -0.1) is 0 Å². The monoisotopic (exact) mass is 289 g/mol. The zero-order valence-electron chi connectivity index (χ0n) is 12.6. The number of hydrogen-bond acceptors (Lipinski definition) is 3. The number of Topliss-reactive ketones (excluding diaryl/α,β-unsaturated/α-hetero) is 1. The molecule has 1 aromatic carbocycles. The van der Waals surface area contributed by atoms with E-state index in [0.717, 1.165) is 37.0 Å². The third kappa shape index (κ3) is 4.88. The van der Waals surface area contributed by atoms with Gasteiger partial charge in [-0.2, -0.15) is 0 Å². The van der Waals surface area contributed by atoms with Crippen molar-refractivity contribution in [1.82, 2.24) is 5.32 Å². The first-order valence-electron chi connectivity index (χ1n) is 7.67. The molecule has 0 aliphatic carbocycles. The lowest BCUT2D eigenvalue weighted by molar-refractivity contribution is -0.122. The highest BCUT2D eigenvalue weighted by atomic mass is 16.5. The second-order valence-corrected chi connectivity index (χ2v) is 5.59. The standard InChI is InChI=1S/C17H23NO3/c1-13(19)8-4-2-3-5-11-17(20)18-15-12-21-16-10-7-6-9-14(15)16/h6-7,9-10,15H,2-5,8,11-12H2,1H3,(H,18,20)/t15-/m1/s1. The van der Waals surface area contributed by atoms with Gasteiger partial charge in [-0.1, -0.05) is 31.0 Å². The van der Waals surface area contributed by atoms with E-state index in [0.29, 0.717) is 19.4 Å². The summed E-state index contributed by atoms with van der Waals surface area (Å²) in [6, 6.07) is 7.79. The molecule has 114 valence electrons. The van der Waals surface area contributed by atoms with Crippen LogP contribution in [0.1, 0.15) is 57.1 Å². The molecule has 1 aromatic rings. The van der Waals surface area contributed by atoms with Gasteiger partial charge in [-0.25, -0.2) is 0 Å². The lowest BCUT2D eigenvalue weighted by atomic mass is 10.1. The van der Waals surface area contributed by atoms with Gasteiger partial charge in [0.2, 0.25) is 5.91 Å². The van der Waals surface area contributed by atoms with Crippen molar-refractivity contribution in [2.75, 3.05) is 6.61 Å². The van der Waals surface area contributed by atoms with Gasteiger partial charge in [0.05, 0.1) is 6.04 Å². The minimum atomic E-state index is -0.0218. The van der Waals surface area contributed by atoms with Crippen molar-refractivity contribution in [3.63, 3.8) is 0 Å². The molecule has 1 aliphatic heterocycles. The third-order valence-electron chi connectivity index (χ3n) is 3.72. The maximum atomic E-state index is 11.9. The van der Waals surface area contributed by atoms with Gasteiger partial charge >= 0.3 is 0 Å². The number of para-hydroxylation sites is 1. The maximum Gasteiger partial charge on any atom is 0.220 e. The molecule has 0 unspecified atom stereocenters. The van der Waals surface area contributed by atoms with E-state index in [2.05, 4.69) is 5.32 Å². The average Bonchev–Trinajstić information content (AvgIpc) is 2.86. The molecule has 21 heavy (non-hydrogen) atoms. The second-order valence-electron chi connectivity index (χ2n) is 5.59. The number of carbonyl (C=O) groups excluding carboxylic acids is 2. The number of ketones is 1. The molecule has 1 atom stereocenters. The highest BCUT2D eigenvalue weighted by molar-refractivity contribution is 5.76. The first-order chi connectivity index (χ1) is 10.2. The van der Waals surface area contributed by atoms with Crippen LogP contribution in [0.2, 0.25) is 0 Å². The second kappa shape index (κ2) is 7.81. The van der Waals surface area contributed by atoms with Gasteiger partial charge < -0.3 is 14.8 Å². The van der Waals surface area contributed by atoms with E-state index >= 15 is 0 Å². The SMILES string of the molecule is CC(=O)CCCCCCC(=O)N[C@@H]1COc2ccccc21. The van der Waals surface area contributed by atoms with Gasteiger partial charge in [0.25, 0.3) is 0 Å². The van der Waals surface area contributed by atoms with Gasteiger partial charge in [-0.3, -0.25) is 4.79 Å². The summed E-state index contributed by atoms with van der Waals surface area (Å²) in [7, 11) is 0. The molecule has 4 nitrogen and oxygen atoms in total. The van der Waals surface area contributed by atoms with Crippen molar-refractivity contribution in [3.8, 4) is 5.75 Å². The van der Waals surface area contributed by atoms with Crippen molar-refractivity contribution in [3.05, 3.63) is 29.8 Å². The number of benzene rings is 1. The molecule has 0 fully saturated rings. The number of amides is 1. The smallest absolute Gasteiger partial charge is 0.220 e. The molecular formula is C17H23NO3. The largest absolute Gasteiger partial charge is 0.491 e. The number of nitrogens with one attached hydrogen (secondary N) is 1. The van der Waals surface area contributed by atoms with Crippen LogP contribution in [0.15, 0.2) is 24.3 Å². The zero-order valence-corrected chi connectivity index (χ0v) is 12.6. The minimum Gasteiger partial charge on any atom is -0.491 e. The molecule has 2 rings (SSSR count). The first-order valence-corrected chi connectivity index (χ1v) is 7.67. The molecular weight excluding hydrogens is 266 g/mol. The van der Waals surface area contributed by atoms with Crippen molar-refractivity contribution in [2.24, 2.45) is 0 Å². The highest BCUT2D eigenvalue weighted by Gasteiger charge is 2.24. The van der Waals surface area contributed by atoms with E-state index < -0.39 is 0 Å². The molecule has 0 spiro atoms. The van der Waals surface area contributed by atoms with Crippen LogP contribution in [0, 0.1) is 0 Å². The summed E-state index contributed by atoms with van der Waals surface area (Å²) in [5.41, 5.74) is 1.06. The van der Waals surface area contributed by atoms with E-state index in [1.54, 1.807) is 6.92 Å². The Morgan fingerprint density at radius 1 is 1.14 bits per heavy atom. The fourth-order valence-electron chi connectivity index (χ4n) is 2.56. The number of rotatable bonds is 8. The van der Waals surface area contributed by atoms with Crippen LogP contribution in [-0.4, -0.2) is 18.3 Å². The predicted octanol–water partition coefficient (Wildman–Crippen LogP) is 3.17. The fraction of sp³-hybridized carbons (Fsp3) is 0.529. The number of ether oxygens (including phenoxy) is 1. The Morgan fingerprint density at radius 2 is 1.86 bits per heavy atom. The van der Waals surface area contributed by atoms with Crippen molar-refractivity contribution >= 4 is 11.7 Å². The van der Waals surface area contributed by atoms with Crippen LogP contribution in [0.5, 0.6) is 5.75 Å². The molecule has 4 heteroatoms. The summed E-state index contributed by atoms with van der Waals surface area (Å²) >= 11 is 0. The Balaban J connectivity index is 1.63. The predicted molar refractivity (Wildman–Crippen MR) is 81.2 cm³/mol. The number of hydrogen-bond donors (Lipinski definition) is 1. The maximum absolute atomic E-state index is 11.9. The molecule has 0 aromatic heterocycles. The zero-order chi connectivity index (χ0) is 15.1. The van der Waals surface area contributed by atoms with Crippen molar-refractivity contribution in [2.45, 2.75) is 51.5 Å². The van der Waals surface area contributed by atoms with Crippen LogP contribution in [0.25, 0.3) is 0 Å². The summed E-state index contributed by atoms with van der Waals surface area (Å²) < 4.78 is 5.55. The molecule has 0 bridgehead atoms. The van der Waals surface area contributed by atoms with Crippen LogP contribution in [0.4, 0.5) is 0 Å². The molecule has 1 amide bonds. The Hall–Kier alpha value is -1.84. The summed E-state index contributed by atoms with van der Waals surface area (Å²) in [4.78, 5) is 22.7. The molecule has 1 heterocycles. The molecule has 1 aliphatic rings. The van der Waals surface area contributed by atoms with Crippen LogP contribution < -0.4 is 10.1 Å². The Bertz CT molecular complexity index is 499. The van der Waals surface area contributed by atoms with Crippen molar-refractivity contribution < 1.29 is 14.3 Å². The third-order valence-corrected chi connectivity index (χ3v) is 3.72. The van der Waals surface area contributed by atoms with Crippen LogP contribution in [0.3, 0.4) is 0 Å². The molecule has 1 N–H and O–H groups in total. The van der Waals surface area contributed by atoms with E-state index in [-0.39, 0.29) is 17.7 Å². The topological polar surface area (TPSA) is 55.4 Å². The lowest BCUT2D eigenvalue weighted by Gasteiger charge is -2.11. The van der Waals surface area contributed by atoms with Crippen molar-refractivity contribution in [1.29, 1.82) is 0 Å². The summed E-state index contributed by atoms with van der Waals surface area (Å²) in [5.74, 6) is 1.19. The fourth-order valence-corrected chi connectivity index (χ4v) is 2.56. The summed E-state index contributed by atoms with van der Waals surface area (Å²) in [5, 5.41) is 3.03. The average molecular weight is 289 g/mol. The Morgan fingerprint density at radius 3 is 2.62 bits per heavy atom. The van der Waals surface area contributed by atoms with E-state index in [9.17, 15) is 9.59 Å². The number of unbranched alkanes of at least 4 members (excludes halogenated alkanes) is 3. The first kappa shape index (κ1) is 15.5. The van der Waals surface area contributed by atoms with Gasteiger partial charge in [0, 0.05) is 18.4 Å². The van der Waals surface area contributed by atoms with Crippen LogP contribution in [-0.2, 0) is 9.59 Å². The Labute approximate surface area is 125 Å². The van der Waals surface area contributed by atoms with Gasteiger partial charge in [-0.05, 0) is 25.8 Å². The van der Waals surface area contributed by atoms with E-state index in [1.165, 1.54) is 0 Å². The quantitative estimate of drug-likeness (QED) is 0.748. The van der Waals surface area contributed by atoms with Crippen LogP contribution >= 0.6 is 0 Å². The molecule has 0 saturated carbocycles. The highest BCUT2D eigenvalue weighted by Crippen LogP contribution is 2.31. The van der Waals surface area contributed by atoms with Gasteiger partial charge in [0.1, 0.15) is 18.1 Å². The van der Waals surface area contributed by atoms with E-state index in [1.807, 2.05) is 24.3 Å².